The lowest BCUT2D eigenvalue weighted by atomic mass is 9.78. The minimum absolute atomic E-state index is 0.240. The van der Waals surface area contributed by atoms with Crippen LogP contribution in [0.2, 0.25) is 0 Å². The Morgan fingerprint density at radius 1 is 1.14 bits per heavy atom. The first-order chi connectivity index (χ1) is 10.1. The molecule has 3 N–H and O–H groups in total. The number of sulfonamides is 1. The summed E-state index contributed by atoms with van der Waals surface area (Å²) in [5.41, 5.74) is 2.81. The van der Waals surface area contributed by atoms with Crippen LogP contribution >= 0.6 is 0 Å². The van der Waals surface area contributed by atoms with E-state index < -0.39 is 10.0 Å². The number of anilines is 1. The van der Waals surface area contributed by atoms with Gasteiger partial charge in [-0.2, -0.15) is 4.31 Å². The first-order valence-electron chi connectivity index (χ1n) is 7.49. The van der Waals surface area contributed by atoms with Crippen molar-refractivity contribution >= 4 is 15.8 Å². The van der Waals surface area contributed by atoms with Gasteiger partial charge in [0.25, 0.3) is 0 Å². The van der Waals surface area contributed by atoms with Crippen LogP contribution in [0.4, 0.5) is 5.82 Å². The molecule has 3 rings (SSSR count). The molecule has 1 saturated heterocycles. The van der Waals surface area contributed by atoms with Gasteiger partial charge in [0.2, 0.25) is 10.0 Å². The average molecular weight is 310 g/mol. The number of nitrogens with zero attached hydrogens (tertiary/aromatic N) is 2. The van der Waals surface area contributed by atoms with Crippen LogP contribution in [0.15, 0.2) is 23.2 Å². The van der Waals surface area contributed by atoms with Crippen LogP contribution in [-0.2, 0) is 10.0 Å². The van der Waals surface area contributed by atoms with Crippen LogP contribution in [0.5, 0.6) is 0 Å². The predicted molar refractivity (Wildman–Crippen MR) is 80.9 cm³/mol. The minimum atomic E-state index is -3.43. The predicted octanol–water partition coefficient (Wildman–Crippen LogP) is 1.71. The first-order valence-corrected chi connectivity index (χ1v) is 8.93. The van der Waals surface area contributed by atoms with Gasteiger partial charge < -0.3 is 5.43 Å². The molecule has 0 atom stereocenters. The van der Waals surface area contributed by atoms with Crippen molar-refractivity contribution in [1.29, 1.82) is 0 Å². The van der Waals surface area contributed by atoms with Gasteiger partial charge in [0.05, 0.1) is 0 Å². The Balaban J connectivity index is 1.73. The first kappa shape index (κ1) is 14.7. The van der Waals surface area contributed by atoms with Gasteiger partial charge in [-0.15, -0.1) is 0 Å². The number of hydrazine groups is 1. The van der Waals surface area contributed by atoms with Crippen LogP contribution in [0.25, 0.3) is 0 Å². The largest absolute Gasteiger partial charge is 0.308 e. The molecule has 0 aromatic carbocycles. The minimum Gasteiger partial charge on any atom is -0.308 e. The Labute approximate surface area is 125 Å². The van der Waals surface area contributed by atoms with Gasteiger partial charge in [-0.25, -0.2) is 19.2 Å². The lowest BCUT2D eigenvalue weighted by molar-refractivity contribution is 0.160. The zero-order chi connectivity index (χ0) is 14.9. The van der Waals surface area contributed by atoms with E-state index in [1.807, 2.05) is 0 Å². The van der Waals surface area contributed by atoms with Crippen LogP contribution in [0, 0.1) is 5.41 Å². The highest BCUT2D eigenvalue weighted by molar-refractivity contribution is 7.89. The summed E-state index contributed by atoms with van der Waals surface area (Å²) in [4.78, 5) is 4.23. The van der Waals surface area contributed by atoms with Gasteiger partial charge in [0.15, 0.2) is 0 Å². The van der Waals surface area contributed by atoms with Gasteiger partial charge in [-0.1, -0.05) is 12.8 Å². The number of rotatable bonds is 3. The second-order valence-electron chi connectivity index (χ2n) is 6.13. The molecule has 1 aliphatic heterocycles. The second-order valence-corrected chi connectivity index (χ2v) is 8.07. The number of aromatic nitrogens is 1. The third-order valence-electron chi connectivity index (χ3n) is 4.97. The summed E-state index contributed by atoms with van der Waals surface area (Å²) >= 11 is 0. The van der Waals surface area contributed by atoms with E-state index in [0.717, 1.165) is 12.8 Å². The highest BCUT2D eigenvalue weighted by Gasteiger charge is 2.40. The van der Waals surface area contributed by atoms with Gasteiger partial charge in [-0.05, 0) is 43.2 Å². The topological polar surface area (TPSA) is 88.3 Å². The van der Waals surface area contributed by atoms with Gasteiger partial charge in [-0.3, -0.25) is 0 Å². The number of nitrogens with two attached hydrogens (primary N) is 1. The standard InChI is InChI=1S/C14H22N4O2S/c15-17-13-4-3-12(11-16-13)21(19,20)18-9-7-14(8-10-18)5-1-2-6-14/h3-4,11H,1-2,5-10,15H2,(H,16,17). The molecule has 21 heavy (non-hydrogen) atoms. The van der Waals surface area contributed by atoms with Crippen LogP contribution in [0.3, 0.4) is 0 Å². The molecule has 1 aromatic heterocycles. The quantitative estimate of drug-likeness (QED) is 0.655. The molecule has 0 radical (unpaired) electrons. The number of hydrogen-bond acceptors (Lipinski definition) is 5. The van der Waals surface area contributed by atoms with E-state index >= 15 is 0 Å². The number of nitrogens with one attached hydrogen (secondary N) is 1. The summed E-state index contributed by atoms with van der Waals surface area (Å²) in [6, 6.07) is 3.13. The van der Waals surface area contributed by atoms with Crippen LogP contribution in [-0.4, -0.2) is 30.8 Å². The highest BCUT2D eigenvalue weighted by atomic mass is 32.2. The fourth-order valence-corrected chi connectivity index (χ4v) is 4.98. The maximum absolute atomic E-state index is 12.6. The lowest BCUT2D eigenvalue weighted by Crippen LogP contribution is -2.42. The third kappa shape index (κ3) is 2.77. The van der Waals surface area contributed by atoms with E-state index in [0.29, 0.717) is 24.3 Å². The average Bonchev–Trinajstić information content (AvgIpc) is 2.96. The van der Waals surface area contributed by atoms with Crippen molar-refractivity contribution in [1.82, 2.24) is 9.29 Å². The monoisotopic (exact) mass is 310 g/mol. The van der Waals surface area contributed by atoms with E-state index in [4.69, 9.17) is 5.84 Å². The summed E-state index contributed by atoms with van der Waals surface area (Å²) in [5, 5.41) is 0. The number of piperidine rings is 1. The Kier molecular flexibility index (Phi) is 3.90. The van der Waals surface area contributed by atoms with Gasteiger partial charge in [0.1, 0.15) is 10.7 Å². The van der Waals surface area contributed by atoms with Gasteiger partial charge in [0, 0.05) is 19.3 Å². The summed E-state index contributed by atoms with van der Waals surface area (Å²) < 4.78 is 26.8. The molecule has 1 aliphatic carbocycles. The molecule has 2 aliphatic rings. The fourth-order valence-electron chi connectivity index (χ4n) is 3.59. The number of hydrogen-bond donors (Lipinski definition) is 2. The van der Waals surface area contributed by atoms with Crippen molar-refractivity contribution in [3.8, 4) is 0 Å². The summed E-state index contributed by atoms with van der Waals surface area (Å²) in [7, 11) is -3.43. The Bertz CT molecular complexity index is 584. The zero-order valence-electron chi connectivity index (χ0n) is 12.1. The summed E-state index contributed by atoms with van der Waals surface area (Å²) in [5.74, 6) is 5.70. The molecule has 0 bridgehead atoms. The molecule has 1 aromatic rings. The highest BCUT2D eigenvalue weighted by Crippen LogP contribution is 2.46. The molecule has 6 nitrogen and oxygen atoms in total. The van der Waals surface area contributed by atoms with Gasteiger partial charge >= 0.3 is 0 Å². The Morgan fingerprint density at radius 2 is 1.81 bits per heavy atom. The summed E-state index contributed by atoms with van der Waals surface area (Å²) in [6.45, 7) is 1.25. The molecule has 2 heterocycles. The van der Waals surface area contributed by atoms with E-state index in [9.17, 15) is 8.42 Å². The smallest absolute Gasteiger partial charge is 0.244 e. The van der Waals surface area contributed by atoms with Crippen molar-refractivity contribution < 1.29 is 8.42 Å². The van der Waals surface area contributed by atoms with E-state index in [1.165, 1.54) is 31.9 Å². The number of nitrogen functional groups attached to an aromatic ring is 1. The van der Waals surface area contributed by atoms with Crippen molar-refractivity contribution in [2.45, 2.75) is 43.4 Å². The van der Waals surface area contributed by atoms with E-state index in [2.05, 4.69) is 10.4 Å². The second kappa shape index (κ2) is 5.55. The van der Waals surface area contributed by atoms with E-state index in [-0.39, 0.29) is 4.90 Å². The van der Waals surface area contributed by atoms with Crippen molar-refractivity contribution in [2.24, 2.45) is 11.3 Å². The van der Waals surface area contributed by atoms with E-state index in [1.54, 1.807) is 16.4 Å². The molecule has 0 unspecified atom stereocenters. The van der Waals surface area contributed by atoms with Crippen molar-refractivity contribution in [3.05, 3.63) is 18.3 Å². The molecular weight excluding hydrogens is 288 g/mol. The zero-order valence-corrected chi connectivity index (χ0v) is 12.9. The SMILES string of the molecule is NNc1ccc(S(=O)(=O)N2CCC3(CCCC3)CC2)cn1. The normalized spacial score (nSPS) is 22.5. The molecule has 7 heteroatoms. The van der Waals surface area contributed by atoms with Crippen LogP contribution in [0.1, 0.15) is 38.5 Å². The van der Waals surface area contributed by atoms with Crippen molar-refractivity contribution in [3.63, 3.8) is 0 Å². The number of pyridine rings is 1. The Morgan fingerprint density at radius 3 is 2.33 bits per heavy atom. The molecule has 0 amide bonds. The maximum atomic E-state index is 12.6. The molecule has 1 saturated carbocycles. The van der Waals surface area contributed by atoms with Crippen molar-refractivity contribution in [2.75, 3.05) is 18.5 Å². The molecular formula is C14H22N4O2S. The van der Waals surface area contributed by atoms with Crippen LogP contribution < -0.4 is 11.3 Å². The third-order valence-corrected chi connectivity index (χ3v) is 6.85. The lowest BCUT2D eigenvalue weighted by Gasteiger charge is -2.38. The fraction of sp³-hybridized carbons (Fsp3) is 0.643. The maximum Gasteiger partial charge on any atom is 0.244 e. The summed E-state index contributed by atoms with van der Waals surface area (Å²) in [6.07, 6.45) is 8.46. The Hall–Kier alpha value is -1.18. The molecule has 1 spiro atoms. The molecule has 116 valence electrons. The molecule has 2 fully saturated rings.